The lowest BCUT2D eigenvalue weighted by molar-refractivity contribution is 0.122. The van der Waals surface area contributed by atoms with Gasteiger partial charge in [-0.15, -0.1) is 0 Å². The van der Waals surface area contributed by atoms with Crippen LogP contribution < -0.4 is 5.32 Å². The van der Waals surface area contributed by atoms with Crippen molar-refractivity contribution in [2.75, 3.05) is 13.1 Å². The molecule has 1 saturated carbocycles. The molecule has 1 heterocycles. The molecule has 1 atom stereocenters. The second kappa shape index (κ2) is 3.94. The van der Waals surface area contributed by atoms with Gasteiger partial charge in [-0.2, -0.15) is 0 Å². The zero-order chi connectivity index (χ0) is 8.23. The van der Waals surface area contributed by atoms with Crippen LogP contribution in [0.25, 0.3) is 0 Å². The molecule has 0 amide bonds. The van der Waals surface area contributed by atoms with E-state index in [0.717, 1.165) is 12.5 Å². The highest BCUT2D eigenvalue weighted by Crippen LogP contribution is 2.27. The molecule has 2 heteroatoms. The standard InChI is InChI=1S/C10H17NO/c1-2-6-12-10(3-1)8-11-7-9-4-5-9/h2,6,9-11H,1,3-5,7-8H2. The van der Waals surface area contributed by atoms with E-state index in [2.05, 4.69) is 11.4 Å². The largest absolute Gasteiger partial charge is 0.497 e. The maximum absolute atomic E-state index is 5.44. The number of nitrogens with one attached hydrogen (secondary N) is 1. The first-order valence-corrected chi connectivity index (χ1v) is 4.96. The van der Waals surface area contributed by atoms with Crippen molar-refractivity contribution in [3.63, 3.8) is 0 Å². The minimum Gasteiger partial charge on any atom is -0.497 e. The normalized spacial score (nSPS) is 28.5. The Hall–Kier alpha value is -0.500. The zero-order valence-electron chi connectivity index (χ0n) is 7.46. The molecule has 0 radical (unpaired) electrons. The molecule has 0 aromatic carbocycles. The summed E-state index contributed by atoms with van der Waals surface area (Å²) in [6.45, 7) is 2.23. The van der Waals surface area contributed by atoms with Gasteiger partial charge in [-0.25, -0.2) is 0 Å². The van der Waals surface area contributed by atoms with E-state index in [1.165, 1.54) is 32.2 Å². The summed E-state index contributed by atoms with van der Waals surface area (Å²) in [5.74, 6) is 0.976. The molecule has 2 nitrogen and oxygen atoms in total. The number of hydrogen-bond acceptors (Lipinski definition) is 2. The molecular formula is C10H17NO. The third-order valence-electron chi connectivity index (χ3n) is 2.52. The van der Waals surface area contributed by atoms with Crippen LogP contribution in [0.2, 0.25) is 0 Å². The van der Waals surface area contributed by atoms with Gasteiger partial charge in [-0.05, 0) is 44.2 Å². The first-order chi connectivity index (χ1) is 5.95. The van der Waals surface area contributed by atoms with Gasteiger partial charge >= 0.3 is 0 Å². The number of ether oxygens (including phenoxy) is 1. The summed E-state index contributed by atoms with van der Waals surface area (Å²) >= 11 is 0. The maximum atomic E-state index is 5.44. The fourth-order valence-corrected chi connectivity index (χ4v) is 1.51. The molecule has 1 N–H and O–H groups in total. The van der Waals surface area contributed by atoms with Crippen molar-refractivity contribution in [1.29, 1.82) is 0 Å². The predicted molar refractivity (Wildman–Crippen MR) is 48.8 cm³/mol. The molecule has 12 heavy (non-hydrogen) atoms. The quantitative estimate of drug-likeness (QED) is 0.688. The first-order valence-electron chi connectivity index (χ1n) is 4.96. The van der Waals surface area contributed by atoms with Crippen LogP contribution in [-0.2, 0) is 4.74 Å². The Morgan fingerprint density at radius 1 is 1.25 bits per heavy atom. The zero-order valence-corrected chi connectivity index (χ0v) is 7.46. The van der Waals surface area contributed by atoms with E-state index in [0.29, 0.717) is 6.10 Å². The molecule has 0 bridgehead atoms. The Kier molecular flexibility index (Phi) is 2.67. The lowest BCUT2D eigenvalue weighted by Crippen LogP contribution is -2.30. The van der Waals surface area contributed by atoms with Gasteiger partial charge in [0.15, 0.2) is 0 Å². The van der Waals surface area contributed by atoms with E-state index in [9.17, 15) is 0 Å². The lowest BCUT2D eigenvalue weighted by Gasteiger charge is -2.19. The Balaban J connectivity index is 1.55. The van der Waals surface area contributed by atoms with Crippen molar-refractivity contribution in [3.8, 4) is 0 Å². The number of allylic oxidation sites excluding steroid dienone is 1. The summed E-state index contributed by atoms with van der Waals surface area (Å²) in [7, 11) is 0. The van der Waals surface area contributed by atoms with E-state index in [4.69, 9.17) is 4.74 Å². The van der Waals surface area contributed by atoms with Gasteiger partial charge in [-0.1, -0.05) is 0 Å². The van der Waals surface area contributed by atoms with E-state index in [1.807, 2.05) is 6.26 Å². The van der Waals surface area contributed by atoms with Crippen molar-refractivity contribution < 1.29 is 4.74 Å². The Bertz CT molecular complexity index is 163. The number of rotatable bonds is 4. The van der Waals surface area contributed by atoms with Crippen LogP contribution >= 0.6 is 0 Å². The average molecular weight is 167 g/mol. The second-order valence-electron chi connectivity index (χ2n) is 3.81. The minimum absolute atomic E-state index is 0.425. The van der Waals surface area contributed by atoms with E-state index in [-0.39, 0.29) is 0 Å². The first kappa shape index (κ1) is 8.11. The summed E-state index contributed by atoms with van der Waals surface area (Å²) in [6, 6.07) is 0. The molecule has 1 aliphatic heterocycles. The van der Waals surface area contributed by atoms with E-state index >= 15 is 0 Å². The molecule has 2 rings (SSSR count). The molecule has 1 aliphatic carbocycles. The smallest absolute Gasteiger partial charge is 0.110 e. The van der Waals surface area contributed by atoms with Gasteiger partial charge in [0, 0.05) is 6.54 Å². The number of hydrogen-bond donors (Lipinski definition) is 1. The molecule has 68 valence electrons. The summed E-state index contributed by atoms with van der Waals surface area (Å²) < 4.78 is 5.44. The molecule has 0 spiro atoms. The van der Waals surface area contributed by atoms with Crippen LogP contribution in [0.1, 0.15) is 25.7 Å². The monoisotopic (exact) mass is 167 g/mol. The van der Waals surface area contributed by atoms with Crippen molar-refractivity contribution >= 4 is 0 Å². The van der Waals surface area contributed by atoms with Crippen LogP contribution in [0, 0.1) is 5.92 Å². The summed E-state index contributed by atoms with van der Waals surface area (Å²) in [6.07, 6.45) is 9.57. The lowest BCUT2D eigenvalue weighted by atomic mass is 10.1. The SMILES string of the molecule is C1=COC(CNCC2CC2)CC1. The highest BCUT2D eigenvalue weighted by atomic mass is 16.5. The fraction of sp³-hybridized carbons (Fsp3) is 0.800. The van der Waals surface area contributed by atoms with Crippen molar-refractivity contribution in [2.24, 2.45) is 5.92 Å². The highest BCUT2D eigenvalue weighted by molar-refractivity contribution is 4.83. The molecule has 0 saturated heterocycles. The molecule has 2 aliphatic rings. The predicted octanol–water partition coefficient (Wildman–Crippen LogP) is 1.68. The third kappa shape index (κ3) is 2.52. The van der Waals surface area contributed by atoms with Crippen molar-refractivity contribution in [3.05, 3.63) is 12.3 Å². The Labute approximate surface area is 74.0 Å². The Morgan fingerprint density at radius 3 is 2.83 bits per heavy atom. The van der Waals surface area contributed by atoms with Gasteiger partial charge in [0.05, 0.1) is 6.26 Å². The van der Waals surface area contributed by atoms with Gasteiger partial charge in [0.1, 0.15) is 6.10 Å². The van der Waals surface area contributed by atoms with Crippen molar-refractivity contribution in [1.82, 2.24) is 5.32 Å². The topological polar surface area (TPSA) is 21.3 Å². The van der Waals surface area contributed by atoms with Crippen LogP contribution in [0.3, 0.4) is 0 Å². The van der Waals surface area contributed by atoms with E-state index in [1.54, 1.807) is 0 Å². The summed E-state index contributed by atoms with van der Waals surface area (Å²) in [4.78, 5) is 0. The van der Waals surface area contributed by atoms with Gasteiger partial charge in [0.25, 0.3) is 0 Å². The fourth-order valence-electron chi connectivity index (χ4n) is 1.51. The maximum Gasteiger partial charge on any atom is 0.110 e. The van der Waals surface area contributed by atoms with E-state index < -0.39 is 0 Å². The molecule has 1 unspecified atom stereocenters. The summed E-state index contributed by atoms with van der Waals surface area (Å²) in [5.41, 5.74) is 0. The minimum atomic E-state index is 0.425. The van der Waals surface area contributed by atoms with Gasteiger partial charge in [-0.3, -0.25) is 0 Å². The van der Waals surface area contributed by atoms with Crippen LogP contribution in [-0.4, -0.2) is 19.2 Å². The molecule has 0 aromatic heterocycles. The van der Waals surface area contributed by atoms with Crippen LogP contribution in [0.15, 0.2) is 12.3 Å². The molecule has 0 aromatic rings. The molecular weight excluding hydrogens is 150 g/mol. The van der Waals surface area contributed by atoms with Crippen LogP contribution in [0.4, 0.5) is 0 Å². The third-order valence-corrected chi connectivity index (χ3v) is 2.52. The van der Waals surface area contributed by atoms with Crippen LogP contribution in [0.5, 0.6) is 0 Å². The second-order valence-corrected chi connectivity index (χ2v) is 3.81. The van der Waals surface area contributed by atoms with Crippen molar-refractivity contribution in [2.45, 2.75) is 31.8 Å². The summed E-state index contributed by atoms with van der Waals surface area (Å²) in [5, 5.41) is 3.46. The highest BCUT2D eigenvalue weighted by Gasteiger charge is 2.21. The average Bonchev–Trinajstić information content (AvgIpc) is 2.90. The van der Waals surface area contributed by atoms with Gasteiger partial charge in [0.2, 0.25) is 0 Å². The molecule has 1 fully saturated rings. The Morgan fingerprint density at radius 2 is 2.17 bits per heavy atom. The van der Waals surface area contributed by atoms with Gasteiger partial charge < -0.3 is 10.1 Å².